The molecule has 0 aliphatic carbocycles. The van der Waals surface area contributed by atoms with Crippen LogP contribution in [-0.2, 0) is 0 Å². The predicted molar refractivity (Wildman–Crippen MR) is 56.0 cm³/mol. The van der Waals surface area contributed by atoms with Crippen LogP contribution in [0.2, 0.25) is 0 Å². The van der Waals surface area contributed by atoms with Gasteiger partial charge in [-0.2, -0.15) is 0 Å². The first kappa shape index (κ1) is 9.07. The van der Waals surface area contributed by atoms with Crippen molar-refractivity contribution in [1.29, 1.82) is 0 Å². The lowest BCUT2D eigenvalue weighted by atomic mass is 10.3. The molecule has 3 heteroatoms. The molecule has 0 unspecified atom stereocenters. The van der Waals surface area contributed by atoms with Crippen LogP contribution in [0.5, 0.6) is 0 Å². The van der Waals surface area contributed by atoms with Gasteiger partial charge in [0.25, 0.3) is 0 Å². The molecule has 0 aromatic carbocycles. The summed E-state index contributed by atoms with van der Waals surface area (Å²) < 4.78 is 2.55. The molecule has 0 N–H and O–H groups in total. The SMILES string of the molecule is CC1=CC(C)=[N+](C(C)C)[SiH2]S1. The van der Waals surface area contributed by atoms with Gasteiger partial charge in [-0.1, -0.05) is 11.2 Å². The smallest absolute Gasteiger partial charge is 0.302 e. The molecule has 11 heavy (non-hydrogen) atoms. The van der Waals surface area contributed by atoms with Crippen molar-refractivity contribution in [3.8, 4) is 0 Å². The summed E-state index contributed by atoms with van der Waals surface area (Å²) in [7, 11) is -0.0752. The number of rotatable bonds is 1. The second kappa shape index (κ2) is 3.58. The standard InChI is InChI=1S/C8H16NSSi/c1-6(2)9-7(3)5-8(4)10-11-9/h5-6H,11H2,1-4H3/q+1. The van der Waals surface area contributed by atoms with Crippen molar-refractivity contribution in [1.82, 2.24) is 0 Å². The second-order valence-electron chi connectivity index (χ2n) is 3.23. The minimum Gasteiger partial charge on any atom is -0.302 e. The summed E-state index contributed by atoms with van der Waals surface area (Å²) in [5.41, 5.74) is 1.46. The van der Waals surface area contributed by atoms with Crippen molar-refractivity contribution in [3.05, 3.63) is 11.0 Å². The van der Waals surface area contributed by atoms with Gasteiger partial charge in [0.15, 0.2) is 5.71 Å². The van der Waals surface area contributed by atoms with Crippen LogP contribution in [0, 0.1) is 0 Å². The minimum absolute atomic E-state index is 0.0752. The van der Waals surface area contributed by atoms with Crippen LogP contribution in [-0.4, -0.2) is 24.8 Å². The number of hydrogen-bond acceptors (Lipinski definition) is 1. The minimum atomic E-state index is -0.0752. The molecule has 1 aliphatic heterocycles. The molecule has 0 aromatic heterocycles. The van der Waals surface area contributed by atoms with Crippen molar-refractivity contribution in [2.75, 3.05) is 0 Å². The van der Waals surface area contributed by atoms with Crippen molar-refractivity contribution in [2.45, 2.75) is 33.7 Å². The van der Waals surface area contributed by atoms with Gasteiger partial charge < -0.3 is 4.24 Å². The Labute approximate surface area is 75.1 Å². The first-order valence-electron chi connectivity index (χ1n) is 4.02. The molecule has 0 fully saturated rings. The predicted octanol–water partition coefficient (Wildman–Crippen LogP) is 1.52. The quantitative estimate of drug-likeness (QED) is 0.561. The van der Waals surface area contributed by atoms with Crippen molar-refractivity contribution >= 4 is 25.8 Å². The molecule has 0 bridgehead atoms. The fraction of sp³-hybridized carbons (Fsp3) is 0.625. The van der Waals surface area contributed by atoms with Crippen LogP contribution in [0.3, 0.4) is 0 Å². The molecule has 0 amide bonds. The Morgan fingerprint density at radius 1 is 1.45 bits per heavy atom. The molecule has 1 nitrogen and oxygen atoms in total. The molecular weight excluding hydrogens is 170 g/mol. The van der Waals surface area contributed by atoms with E-state index in [1.54, 1.807) is 0 Å². The van der Waals surface area contributed by atoms with Crippen LogP contribution in [0.25, 0.3) is 0 Å². The van der Waals surface area contributed by atoms with E-state index in [1.165, 1.54) is 10.6 Å². The number of allylic oxidation sites excluding steroid dienone is 2. The van der Waals surface area contributed by atoms with Crippen LogP contribution in [0.1, 0.15) is 27.7 Å². The highest BCUT2D eigenvalue weighted by atomic mass is 32.4. The van der Waals surface area contributed by atoms with Crippen LogP contribution < -0.4 is 0 Å². The Morgan fingerprint density at radius 3 is 2.55 bits per heavy atom. The van der Waals surface area contributed by atoms with Gasteiger partial charge in [0, 0.05) is 13.0 Å². The zero-order valence-corrected chi connectivity index (χ0v) is 9.95. The third-order valence-electron chi connectivity index (χ3n) is 1.92. The molecule has 0 saturated carbocycles. The van der Waals surface area contributed by atoms with Crippen LogP contribution >= 0.6 is 11.2 Å². The summed E-state index contributed by atoms with van der Waals surface area (Å²) in [5.74, 6) is 0. The molecule has 0 radical (unpaired) electrons. The van der Waals surface area contributed by atoms with Gasteiger partial charge in [-0.15, -0.1) is 0 Å². The third kappa shape index (κ3) is 2.20. The Bertz CT molecular complexity index is 218. The maximum Gasteiger partial charge on any atom is 0.397 e. The van der Waals surface area contributed by atoms with Gasteiger partial charge in [0.1, 0.15) is 6.04 Å². The highest BCUT2D eigenvalue weighted by molar-refractivity contribution is 8.24. The average molecular weight is 186 g/mol. The number of hydrogen-bond donors (Lipinski definition) is 0. The number of nitrogens with zero attached hydrogens (tertiary/aromatic N) is 1. The van der Waals surface area contributed by atoms with Gasteiger partial charge in [-0.05, 0) is 25.7 Å². The zero-order valence-electron chi connectivity index (χ0n) is 7.72. The van der Waals surface area contributed by atoms with Crippen molar-refractivity contribution in [2.24, 2.45) is 0 Å². The van der Waals surface area contributed by atoms with Crippen LogP contribution in [0.4, 0.5) is 0 Å². The van der Waals surface area contributed by atoms with E-state index in [-0.39, 0.29) is 8.83 Å². The van der Waals surface area contributed by atoms with Crippen molar-refractivity contribution < 1.29 is 4.24 Å². The molecule has 0 aromatic rings. The molecule has 62 valence electrons. The summed E-state index contributed by atoms with van der Waals surface area (Å²) in [6.07, 6.45) is 2.29. The van der Waals surface area contributed by atoms with E-state index in [1.807, 2.05) is 0 Å². The molecule has 1 aliphatic rings. The van der Waals surface area contributed by atoms with E-state index in [0.717, 1.165) is 0 Å². The van der Waals surface area contributed by atoms with E-state index in [0.29, 0.717) is 6.04 Å². The highest BCUT2D eigenvalue weighted by Gasteiger charge is 2.18. The first-order valence-corrected chi connectivity index (χ1v) is 7.37. The topological polar surface area (TPSA) is 3.01 Å². The molecule has 0 spiro atoms. The molecule has 0 atom stereocenters. The van der Waals surface area contributed by atoms with Crippen LogP contribution in [0.15, 0.2) is 11.0 Å². The summed E-state index contributed by atoms with van der Waals surface area (Å²) in [6, 6.07) is 0.693. The van der Waals surface area contributed by atoms with Gasteiger partial charge in [0.05, 0.1) is 0 Å². The Balaban J connectivity index is 2.86. The lowest BCUT2D eigenvalue weighted by Crippen LogP contribution is -2.29. The van der Waals surface area contributed by atoms with E-state index < -0.39 is 0 Å². The molecule has 1 heterocycles. The van der Waals surface area contributed by atoms with Gasteiger partial charge in [-0.25, -0.2) is 0 Å². The molecule has 0 saturated heterocycles. The first-order chi connectivity index (χ1) is 5.11. The van der Waals surface area contributed by atoms with E-state index in [9.17, 15) is 0 Å². The summed E-state index contributed by atoms with van der Waals surface area (Å²) in [6.45, 7) is 8.96. The fourth-order valence-corrected chi connectivity index (χ4v) is 5.22. The lowest BCUT2D eigenvalue weighted by Gasteiger charge is -2.14. The van der Waals surface area contributed by atoms with E-state index in [2.05, 4.69) is 49.2 Å². The Morgan fingerprint density at radius 2 is 2.09 bits per heavy atom. The second-order valence-corrected chi connectivity index (χ2v) is 6.75. The third-order valence-corrected chi connectivity index (χ3v) is 6.72. The van der Waals surface area contributed by atoms with E-state index in [4.69, 9.17) is 0 Å². The molecule has 1 rings (SSSR count). The largest absolute Gasteiger partial charge is 0.397 e. The Hall–Kier alpha value is -0.0231. The maximum atomic E-state index is 2.55. The summed E-state index contributed by atoms with van der Waals surface area (Å²) in [5, 5.41) is 0. The highest BCUT2D eigenvalue weighted by Crippen LogP contribution is 2.17. The maximum absolute atomic E-state index is 2.55. The van der Waals surface area contributed by atoms with Gasteiger partial charge >= 0.3 is 8.83 Å². The average Bonchev–Trinajstić information content (AvgIpc) is 1.85. The van der Waals surface area contributed by atoms with Gasteiger partial charge in [0.2, 0.25) is 0 Å². The monoisotopic (exact) mass is 186 g/mol. The zero-order chi connectivity index (χ0) is 8.43. The normalized spacial score (nSPS) is 21.4. The van der Waals surface area contributed by atoms with E-state index >= 15 is 0 Å². The summed E-state index contributed by atoms with van der Waals surface area (Å²) >= 11 is 2.06. The van der Waals surface area contributed by atoms with Crippen molar-refractivity contribution in [3.63, 3.8) is 0 Å². The molecular formula is C8H16NSSi+. The fourth-order valence-electron chi connectivity index (χ4n) is 1.25. The Kier molecular flexibility index (Phi) is 2.95. The van der Waals surface area contributed by atoms with Gasteiger partial charge in [-0.3, -0.25) is 0 Å². The summed E-state index contributed by atoms with van der Waals surface area (Å²) in [4.78, 5) is 1.49. The lowest BCUT2D eigenvalue weighted by molar-refractivity contribution is -0.415.